The summed E-state index contributed by atoms with van der Waals surface area (Å²) >= 11 is 0. The van der Waals surface area contributed by atoms with Crippen LogP contribution in [0.15, 0.2) is 18.2 Å². The number of aliphatic hydroxyl groups excluding tert-OH is 1. The molecule has 182 valence electrons. The van der Waals surface area contributed by atoms with E-state index in [4.69, 9.17) is 0 Å². The number of carbonyl (C=O) groups is 5. The summed E-state index contributed by atoms with van der Waals surface area (Å²) in [6.07, 6.45) is 2.45. The van der Waals surface area contributed by atoms with Crippen molar-refractivity contribution in [3.63, 3.8) is 0 Å². The molecule has 0 aliphatic carbocycles. The van der Waals surface area contributed by atoms with Gasteiger partial charge in [0.25, 0.3) is 0 Å². The number of anilines is 1. The summed E-state index contributed by atoms with van der Waals surface area (Å²) in [6.45, 7) is 5.15. The van der Waals surface area contributed by atoms with Crippen LogP contribution >= 0.6 is 0 Å². The number of nitrogens with zero attached hydrogens (tertiary/aromatic N) is 1. The minimum atomic E-state index is -1.03. The van der Waals surface area contributed by atoms with E-state index >= 15 is 0 Å². The Labute approximate surface area is 197 Å². The normalized spacial score (nSPS) is 23.1. The molecule has 4 amide bonds. The van der Waals surface area contributed by atoms with Gasteiger partial charge < -0.3 is 21.1 Å². The van der Waals surface area contributed by atoms with Gasteiger partial charge in [0.15, 0.2) is 12.3 Å². The molecule has 0 spiro atoms. The lowest BCUT2D eigenvalue weighted by molar-refractivity contribution is -0.479. The first kappa shape index (κ1) is 25.2. The van der Waals surface area contributed by atoms with Gasteiger partial charge in [0.05, 0.1) is 0 Å². The third kappa shape index (κ3) is 5.56. The van der Waals surface area contributed by atoms with Crippen LogP contribution in [0.25, 0.3) is 0 Å². The Morgan fingerprint density at radius 1 is 1.18 bits per heavy atom. The molecule has 4 N–H and O–H groups in total. The molecular formula is C24H31N4O6+. The van der Waals surface area contributed by atoms with E-state index in [0.29, 0.717) is 18.7 Å². The van der Waals surface area contributed by atoms with Crippen LogP contribution in [-0.2, 0) is 24.0 Å². The Bertz CT molecular complexity index is 1030. The molecule has 2 aliphatic rings. The molecule has 1 unspecified atom stereocenters. The van der Waals surface area contributed by atoms with Crippen LogP contribution in [0, 0.1) is 25.7 Å². The molecule has 2 heterocycles. The molecule has 3 rings (SSSR count). The van der Waals surface area contributed by atoms with Gasteiger partial charge in [-0.25, -0.2) is 4.79 Å². The Kier molecular flexibility index (Phi) is 7.93. The number of hydrogen-bond acceptors (Lipinski definition) is 6. The fourth-order valence-electron chi connectivity index (χ4n) is 4.49. The maximum atomic E-state index is 13.2. The van der Waals surface area contributed by atoms with Gasteiger partial charge in [-0.1, -0.05) is 25.1 Å². The van der Waals surface area contributed by atoms with E-state index in [-0.39, 0.29) is 24.7 Å². The lowest BCUT2D eigenvalue weighted by atomic mass is 9.92. The van der Waals surface area contributed by atoms with Gasteiger partial charge in [0.1, 0.15) is 6.61 Å². The summed E-state index contributed by atoms with van der Waals surface area (Å²) in [5, 5.41) is 17.3. The molecule has 10 heteroatoms. The zero-order chi connectivity index (χ0) is 25.0. The Morgan fingerprint density at radius 3 is 2.44 bits per heavy atom. The first-order valence-electron chi connectivity index (χ1n) is 11.4. The van der Waals surface area contributed by atoms with Gasteiger partial charge in [0.2, 0.25) is 17.7 Å². The number of Topliss-reactive ketones (excluding diaryl/α,β-unsaturated/α-hetero) is 1. The third-order valence-corrected chi connectivity index (χ3v) is 6.34. The second-order valence-electron chi connectivity index (χ2n) is 9.01. The first-order valence-corrected chi connectivity index (χ1v) is 11.4. The quantitative estimate of drug-likeness (QED) is 0.321. The van der Waals surface area contributed by atoms with Gasteiger partial charge in [-0.3, -0.25) is 19.2 Å². The van der Waals surface area contributed by atoms with Crippen molar-refractivity contribution in [2.75, 3.05) is 18.5 Å². The van der Waals surface area contributed by atoms with Crippen LogP contribution < -0.4 is 16.0 Å². The maximum Gasteiger partial charge on any atom is 0.409 e. The van der Waals surface area contributed by atoms with Crippen molar-refractivity contribution in [2.24, 2.45) is 11.8 Å². The van der Waals surface area contributed by atoms with Crippen molar-refractivity contribution < 1.29 is 33.7 Å². The summed E-state index contributed by atoms with van der Waals surface area (Å²) in [7, 11) is 0. The summed E-state index contributed by atoms with van der Waals surface area (Å²) < 4.78 is 1.21. The molecule has 1 fully saturated rings. The van der Waals surface area contributed by atoms with E-state index in [1.54, 1.807) is 6.21 Å². The fourth-order valence-corrected chi connectivity index (χ4v) is 4.49. The maximum absolute atomic E-state index is 13.2. The fraction of sp³-hybridized carbons (Fsp3) is 0.500. The first-order chi connectivity index (χ1) is 16.1. The average Bonchev–Trinajstić information content (AvgIpc) is 3.20. The summed E-state index contributed by atoms with van der Waals surface area (Å²) in [5.41, 5.74) is 2.13. The summed E-state index contributed by atoms with van der Waals surface area (Å²) in [4.78, 5) is 62.9. The van der Waals surface area contributed by atoms with E-state index in [1.807, 2.05) is 39.0 Å². The highest BCUT2D eigenvalue weighted by atomic mass is 16.3. The van der Waals surface area contributed by atoms with Crippen molar-refractivity contribution in [2.45, 2.75) is 52.1 Å². The molecule has 0 saturated carbocycles. The van der Waals surface area contributed by atoms with Crippen LogP contribution in [0.5, 0.6) is 0 Å². The predicted octanol–water partition coefficient (Wildman–Crippen LogP) is -0.167. The van der Waals surface area contributed by atoms with Gasteiger partial charge >= 0.3 is 17.7 Å². The molecule has 10 nitrogen and oxygen atoms in total. The number of aryl methyl sites for hydroxylation is 2. The van der Waals surface area contributed by atoms with E-state index < -0.39 is 48.1 Å². The number of hydrogen-bond donors (Lipinski definition) is 4. The molecule has 0 radical (unpaired) electrons. The number of benzene rings is 1. The Balaban J connectivity index is 1.75. The van der Waals surface area contributed by atoms with Crippen LogP contribution in [0.3, 0.4) is 0 Å². The van der Waals surface area contributed by atoms with Crippen molar-refractivity contribution in [3.8, 4) is 0 Å². The number of ketones is 1. The highest BCUT2D eigenvalue weighted by Crippen LogP contribution is 2.22. The average molecular weight is 472 g/mol. The van der Waals surface area contributed by atoms with Gasteiger partial charge in [-0.2, -0.15) is 4.58 Å². The van der Waals surface area contributed by atoms with Crippen molar-refractivity contribution in [3.05, 3.63) is 29.3 Å². The second kappa shape index (κ2) is 10.7. The smallest absolute Gasteiger partial charge is 0.388 e. The Hall–Kier alpha value is -3.40. The van der Waals surface area contributed by atoms with Crippen LogP contribution in [0.4, 0.5) is 5.69 Å². The number of aliphatic hydroxyl groups is 1. The zero-order valence-electron chi connectivity index (χ0n) is 19.6. The van der Waals surface area contributed by atoms with Gasteiger partial charge in [-0.05, 0) is 37.8 Å². The summed E-state index contributed by atoms with van der Waals surface area (Å²) in [6, 6.07) is 3.40. The minimum absolute atomic E-state index is 0.0773. The van der Waals surface area contributed by atoms with Gasteiger partial charge in [0, 0.05) is 30.5 Å². The number of amides is 4. The number of para-hydroxylation sites is 1. The number of rotatable bonds is 7. The molecule has 4 atom stereocenters. The van der Waals surface area contributed by atoms with Crippen molar-refractivity contribution >= 4 is 41.3 Å². The van der Waals surface area contributed by atoms with Crippen LogP contribution in [-0.4, -0.2) is 70.5 Å². The minimum Gasteiger partial charge on any atom is -0.388 e. The Morgan fingerprint density at radius 2 is 1.85 bits per heavy atom. The van der Waals surface area contributed by atoms with Crippen LogP contribution in [0.1, 0.15) is 37.3 Å². The molecule has 0 bridgehead atoms. The largest absolute Gasteiger partial charge is 0.409 e. The number of nitrogens with one attached hydrogen (secondary N) is 3. The monoisotopic (exact) mass is 471 g/mol. The SMILES string of the molecule is Cc1cccc(C)c1NC(=O)C(=O)N[C@H]1CC(C)C=[N+]([C@@H](C[C@@H]2CCNC2=O)C(=O)CO)C1=O. The second-order valence-corrected chi connectivity index (χ2v) is 9.01. The number of carbonyl (C=O) groups excluding carboxylic acids is 5. The van der Waals surface area contributed by atoms with E-state index in [9.17, 15) is 29.1 Å². The zero-order valence-corrected chi connectivity index (χ0v) is 19.6. The van der Waals surface area contributed by atoms with Crippen molar-refractivity contribution in [1.82, 2.24) is 10.6 Å². The molecule has 34 heavy (non-hydrogen) atoms. The molecule has 1 aromatic rings. The lowest BCUT2D eigenvalue weighted by Crippen LogP contribution is -2.56. The third-order valence-electron chi connectivity index (χ3n) is 6.34. The standard InChI is InChI=1S/C24H30N4O6/c1-13-9-17(26-22(32)23(33)27-20-14(2)5-4-6-15(20)3)24(34)28(11-13)18(19(30)12-29)10-16-7-8-25-21(16)31/h4-6,11,13,16-18,29H,7-10,12H2,1-3H3,(H2-,25,26,27,31,32,33)/p+1/t13?,16-,17-,18-/m0/s1. The topological polar surface area (TPSA) is 145 Å². The van der Waals surface area contributed by atoms with E-state index in [1.165, 1.54) is 4.58 Å². The molecule has 2 aliphatic heterocycles. The molecule has 0 aromatic heterocycles. The predicted molar refractivity (Wildman–Crippen MR) is 123 cm³/mol. The lowest BCUT2D eigenvalue weighted by Gasteiger charge is -2.25. The van der Waals surface area contributed by atoms with Crippen molar-refractivity contribution in [1.29, 1.82) is 0 Å². The molecule has 1 saturated heterocycles. The molecule has 1 aromatic carbocycles. The summed E-state index contributed by atoms with van der Waals surface area (Å²) in [5.74, 6) is -3.85. The highest BCUT2D eigenvalue weighted by Gasteiger charge is 2.45. The highest BCUT2D eigenvalue weighted by molar-refractivity contribution is 6.40. The molecular weight excluding hydrogens is 440 g/mol. The van der Waals surface area contributed by atoms with Crippen LogP contribution in [0.2, 0.25) is 0 Å². The van der Waals surface area contributed by atoms with E-state index in [2.05, 4.69) is 16.0 Å². The van der Waals surface area contributed by atoms with E-state index in [0.717, 1.165) is 11.1 Å². The van der Waals surface area contributed by atoms with Gasteiger partial charge in [-0.15, -0.1) is 0 Å².